The number of nitrogens with zero attached hydrogens (tertiary/aromatic N) is 2. The Morgan fingerprint density at radius 1 is 1.15 bits per heavy atom. The fourth-order valence-corrected chi connectivity index (χ4v) is 1.76. The van der Waals surface area contributed by atoms with Gasteiger partial charge >= 0.3 is 0 Å². The number of rotatable bonds is 0. The number of hydrogen-bond acceptors (Lipinski definition) is 2. The van der Waals surface area contributed by atoms with Crippen LogP contribution in [0.4, 0.5) is 5.69 Å². The van der Waals surface area contributed by atoms with Crippen molar-refractivity contribution in [3.8, 4) is 0 Å². The van der Waals surface area contributed by atoms with Crippen molar-refractivity contribution in [1.29, 1.82) is 0 Å². The van der Waals surface area contributed by atoms with Crippen molar-refractivity contribution in [3.05, 3.63) is 28.1 Å². The Kier molecular flexibility index (Phi) is 1.25. The molecule has 0 saturated heterocycles. The van der Waals surface area contributed by atoms with Crippen LogP contribution < -0.4 is 10.4 Å². The van der Waals surface area contributed by atoms with E-state index >= 15 is 0 Å². The molecule has 2 heterocycles. The van der Waals surface area contributed by atoms with Crippen LogP contribution in [-0.2, 0) is 6.42 Å². The lowest BCUT2D eigenvalue weighted by Crippen LogP contribution is -2.17. The fourth-order valence-electron chi connectivity index (χ4n) is 1.76. The highest BCUT2D eigenvalue weighted by Crippen LogP contribution is 2.13. The van der Waals surface area contributed by atoms with E-state index in [4.69, 9.17) is 0 Å². The summed E-state index contributed by atoms with van der Waals surface area (Å²) in [6.45, 7) is 0. The van der Waals surface area contributed by atoms with Crippen LogP contribution in [0.2, 0.25) is 0 Å². The first kappa shape index (κ1) is 6.78. The van der Waals surface area contributed by atoms with Gasteiger partial charge in [-0.1, -0.05) is 12.1 Å². The average Bonchev–Trinajstić information content (AvgIpc) is 2.65. The van der Waals surface area contributed by atoms with E-state index in [9.17, 15) is 0 Å². The zero-order chi connectivity index (χ0) is 8.67. The van der Waals surface area contributed by atoms with Gasteiger partial charge < -0.3 is 0 Å². The third-order valence-corrected chi connectivity index (χ3v) is 2.42. The highest BCUT2D eigenvalue weighted by molar-refractivity contribution is 5.97. The third kappa shape index (κ3) is 0.886. The molecule has 0 bridgehead atoms. The normalized spacial score (nSPS) is 16.0. The van der Waals surface area contributed by atoms with Crippen molar-refractivity contribution in [3.63, 3.8) is 0 Å². The van der Waals surface area contributed by atoms with Gasteiger partial charge in [0.2, 0.25) is 0 Å². The van der Waals surface area contributed by atoms with E-state index in [2.05, 4.69) is 22.1 Å². The van der Waals surface area contributed by atoms with E-state index in [1.54, 1.807) is 0 Å². The summed E-state index contributed by atoms with van der Waals surface area (Å²) < 4.78 is 0. The molecule has 0 spiro atoms. The van der Waals surface area contributed by atoms with Gasteiger partial charge in [-0.2, -0.15) is 0 Å². The molecule has 0 N–H and O–H groups in total. The lowest BCUT2D eigenvalue weighted by atomic mass is 10.1. The molecule has 0 atom stereocenters. The van der Waals surface area contributed by atoms with Crippen LogP contribution in [0.1, 0.15) is 5.56 Å². The van der Waals surface area contributed by atoms with E-state index in [-0.39, 0.29) is 0 Å². The number of hydrogen-bond donors (Lipinski definition) is 0. The number of aliphatic imine (C=N–C) groups is 2. The summed E-state index contributed by atoms with van der Waals surface area (Å²) in [7, 11) is 0. The van der Waals surface area contributed by atoms with E-state index in [1.807, 2.05) is 24.7 Å². The van der Waals surface area contributed by atoms with Gasteiger partial charge in [0.25, 0.3) is 0 Å². The monoisotopic (exact) mass is 168 g/mol. The summed E-state index contributed by atoms with van der Waals surface area (Å²) in [4.78, 5) is 8.48. The highest BCUT2D eigenvalue weighted by Gasteiger charge is 2.07. The minimum atomic E-state index is 0.903. The van der Waals surface area contributed by atoms with Crippen molar-refractivity contribution in [2.24, 2.45) is 9.98 Å². The molecule has 1 aromatic rings. The van der Waals surface area contributed by atoms with E-state index in [0.29, 0.717) is 0 Å². The lowest BCUT2D eigenvalue weighted by Gasteiger charge is -2.05. The largest absolute Gasteiger partial charge is 0.268 e. The van der Waals surface area contributed by atoms with Gasteiger partial charge in [0.15, 0.2) is 0 Å². The molecule has 2 heteroatoms. The molecule has 0 unspecified atom stereocenters. The zero-order valence-electron chi connectivity index (χ0n) is 7.07. The third-order valence-electron chi connectivity index (χ3n) is 2.42. The van der Waals surface area contributed by atoms with Crippen LogP contribution in [-0.4, -0.2) is 12.4 Å². The Morgan fingerprint density at radius 2 is 2.08 bits per heavy atom. The summed E-state index contributed by atoms with van der Waals surface area (Å²) in [5.74, 6) is 0. The first-order valence-corrected chi connectivity index (χ1v) is 4.33. The smallest absolute Gasteiger partial charge is 0.0744 e. The standard InChI is InChI=1S/C11H8N2/c1-2-9-7-12-5-4-10(9)11-8(1)3-6-13-11/h1-3,5-7H,4H2. The molecule has 0 aromatic heterocycles. The molecule has 0 fully saturated rings. The van der Waals surface area contributed by atoms with Crippen molar-refractivity contribution in [2.75, 3.05) is 0 Å². The molecule has 2 aliphatic rings. The molecular formula is C11H8N2. The first-order valence-electron chi connectivity index (χ1n) is 4.33. The summed E-state index contributed by atoms with van der Waals surface area (Å²) >= 11 is 0. The lowest BCUT2D eigenvalue weighted by molar-refractivity contribution is 1.25. The minimum absolute atomic E-state index is 0.903. The Bertz CT molecular complexity index is 536. The second-order valence-electron chi connectivity index (χ2n) is 3.18. The number of benzene rings is 1. The maximum atomic E-state index is 4.35. The zero-order valence-corrected chi connectivity index (χ0v) is 7.07. The molecule has 2 aliphatic heterocycles. The Labute approximate surface area is 75.7 Å². The number of fused-ring (bicyclic) bond motifs is 3. The van der Waals surface area contributed by atoms with Crippen molar-refractivity contribution in [2.45, 2.75) is 6.42 Å². The van der Waals surface area contributed by atoms with Crippen LogP contribution in [0.25, 0.3) is 12.3 Å². The second-order valence-corrected chi connectivity index (χ2v) is 3.18. The SMILES string of the molecule is C1=NC=c2ccc3c(c2C1)N=CC=3. The van der Waals surface area contributed by atoms with Gasteiger partial charge in [0.05, 0.1) is 5.69 Å². The molecule has 62 valence electrons. The molecule has 2 nitrogen and oxygen atoms in total. The molecule has 0 amide bonds. The van der Waals surface area contributed by atoms with Crippen LogP contribution in [0.5, 0.6) is 0 Å². The predicted molar refractivity (Wildman–Crippen MR) is 55.0 cm³/mol. The molecule has 13 heavy (non-hydrogen) atoms. The molecular weight excluding hydrogens is 160 g/mol. The molecule has 1 aromatic carbocycles. The van der Waals surface area contributed by atoms with E-state index in [1.165, 1.54) is 16.0 Å². The van der Waals surface area contributed by atoms with Crippen LogP contribution in [0.3, 0.4) is 0 Å². The first-order chi connectivity index (χ1) is 6.45. The maximum Gasteiger partial charge on any atom is 0.0744 e. The van der Waals surface area contributed by atoms with Crippen molar-refractivity contribution >= 4 is 30.4 Å². The molecule has 3 rings (SSSR count). The Morgan fingerprint density at radius 3 is 3.08 bits per heavy atom. The summed E-state index contributed by atoms with van der Waals surface area (Å²) in [5.41, 5.74) is 2.43. The minimum Gasteiger partial charge on any atom is -0.268 e. The van der Waals surface area contributed by atoms with Gasteiger partial charge in [-0.3, -0.25) is 9.98 Å². The maximum absolute atomic E-state index is 4.35. The van der Waals surface area contributed by atoms with Crippen LogP contribution in [0.15, 0.2) is 22.1 Å². The quantitative estimate of drug-likeness (QED) is 0.540. The summed E-state index contributed by atoms with van der Waals surface area (Å²) in [5, 5.41) is 2.43. The topological polar surface area (TPSA) is 24.7 Å². The summed E-state index contributed by atoms with van der Waals surface area (Å²) in [6, 6.07) is 4.20. The van der Waals surface area contributed by atoms with Crippen LogP contribution >= 0.6 is 0 Å². The molecule has 0 radical (unpaired) electrons. The average molecular weight is 168 g/mol. The molecule has 0 saturated carbocycles. The molecule has 0 aliphatic carbocycles. The van der Waals surface area contributed by atoms with E-state index < -0.39 is 0 Å². The van der Waals surface area contributed by atoms with Crippen molar-refractivity contribution in [1.82, 2.24) is 0 Å². The summed E-state index contributed by atoms with van der Waals surface area (Å²) in [6.07, 6.45) is 8.63. The Balaban J connectivity index is 2.47. The van der Waals surface area contributed by atoms with Crippen LogP contribution in [0, 0.1) is 0 Å². The van der Waals surface area contributed by atoms with Gasteiger partial charge in [-0.25, -0.2) is 0 Å². The van der Waals surface area contributed by atoms with Crippen molar-refractivity contribution < 1.29 is 0 Å². The fraction of sp³-hybridized carbons (Fsp3) is 0.0909. The van der Waals surface area contributed by atoms with Gasteiger partial charge in [-0.05, 0) is 16.9 Å². The van der Waals surface area contributed by atoms with Gasteiger partial charge in [-0.15, -0.1) is 0 Å². The Hall–Kier alpha value is -1.70. The van der Waals surface area contributed by atoms with E-state index in [0.717, 1.165) is 12.1 Å². The van der Waals surface area contributed by atoms with Gasteiger partial charge in [0, 0.05) is 30.3 Å². The second kappa shape index (κ2) is 2.39. The van der Waals surface area contributed by atoms with Gasteiger partial charge in [0.1, 0.15) is 0 Å². The highest BCUT2D eigenvalue weighted by atomic mass is 14.7. The predicted octanol–water partition coefficient (Wildman–Crippen LogP) is 0.548.